The third-order valence-electron chi connectivity index (χ3n) is 4.98. The summed E-state index contributed by atoms with van der Waals surface area (Å²) in [7, 11) is 1.60. The van der Waals surface area contributed by atoms with Gasteiger partial charge in [0, 0.05) is 5.56 Å². The molecule has 2 saturated heterocycles. The van der Waals surface area contributed by atoms with Crippen LogP contribution in [0.2, 0.25) is 0 Å². The molecular formula is C21H24O7. The Balaban J connectivity index is 1.39. The number of benzene rings is 2. The molecule has 0 saturated carbocycles. The molecule has 2 heterocycles. The molecule has 0 radical (unpaired) electrons. The van der Waals surface area contributed by atoms with Gasteiger partial charge in [0.25, 0.3) is 0 Å². The fraction of sp³-hybridized carbons (Fsp3) is 0.429. The number of methoxy groups -OCH3 is 1. The van der Waals surface area contributed by atoms with Gasteiger partial charge in [0.05, 0.1) is 20.3 Å². The van der Waals surface area contributed by atoms with E-state index < -0.39 is 37.0 Å². The Bertz CT molecular complexity index is 749. The molecule has 7 nitrogen and oxygen atoms in total. The van der Waals surface area contributed by atoms with Crippen molar-refractivity contribution in [3.63, 3.8) is 0 Å². The molecule has 6 atom stereocenters. The minimum absolute atomic E-state index is 0.219. The van der Waals surface area contributed by atoms with Crippen LogP contribution in [0.25, 0.3) is 0 Å². The van der Waals surface area contributed by atoms with Crippen LogP contribution in [-0.2, 0) is 25.6 Å². The average molecular weight is 388 g/mol. The molecule has 0 aromatic heterocycles. The van der Waals surface area contributed by atoms with Gasteiger partial charge in [-0.3, -0.25) is 0 Å². The standard InChI is InChI=1S/C21H24O7/c1-24-15-9-7-14(8-10-15)20-26-12-16-19(28-20)17(22)18(23)21(27-16)25-11-13-5-3-2-4-6-13/h2-10,16-23H,11-12H2,1H3/t16-,17-,18-,19-,20?,21-/m1/s1. The molecule has 2 aliphatic rings. The number of rotatable bonds is 5. The summed E-state index contributed by atoms with van der Waals surface area (Å²) in [5.41, 5.74) is 1.74. The highest BCUT2D eigenvalue weighted by Gasteiger charge is 2.49. The second-order valence-corrected chi connectivity index (χ2v) is 6.86. The van der Waals surface area contributed by atoms with Crippen LogP contribution in [0.5, 0.6) is 5.75 Å². The second kappa shape index (κ2) is 8.57. The number of ether oxygens (including phenoxy) is 5. The predicted octanol–water partition coefficient (Wildman–Crippen LogP) is 1.77. The van der Waals surface area contributed by atoms with Gasteiger partial charge < -0.3 is 33.9 Å². The zero-order valence-corrected chi connectivity index (χ0v) is 15.5. The van der Waals surface area contributed by atoms with Crippen molar-refractivity contribution in [2.24, 2.45) is 0 Å². The van der Waals surface area contributed by atoms with Gasteiger partial charge in [-0.1, -0.05) is 42.5 Å². The van der Waals surface area contributed by atoms with E-state index in [-0.39, 0.29) is 13.2 Å². The van der Waals surface area contributed by atoms with Gasteiger partial charge in [0.2, 0.25) is 0 Å². The summed E-state index contributed by atoms with van der Waals surface area (Å²) in [5, 5.41) is 21.0. The average Bonchev–Trinajstić information content (AvgIpc) is 2.76. The maximum absolute atomic E-state index is 10.6. The van der Waals surface area contributed by atoms with Gasteiger partial charge >= 0.3 is 0 Å². The van der Waals surface area contributed by atoms with Crippen molar-refractivity contribution in [1.29, 1.82) is 0 Å². The molecule has 1 unspecified atom stereocenters. The summed E-state index contributed by atoms with van der Waals surface area (Å²) < 4.78 is 28.3. The summed E-state index contributed by atoms with van der Waals surface area (Å²) in [6.07, 6.45) is -5.23. The van der Waals surface area contributed by atoms with Gasteiger partial charge in [-0.2, -0.15) is 0 Å². The van der Waals surface area contributed by atoms with Crippen LogP contribution < -0.4 is 4.74 Å². The van der Waals surface area contributed by atoms with Crippen LogP contribution in [0.4, 0.5) is 0 Å². The van der Waals surface area contributed by atoms with Gasteiger partial charge in [-0.05, 0) is 17.7 Å². The van der Waals surface area contributed by atoms with Crippen LogP contribution in [0.1, 0.15) is 17.4 Å². The Morgan fingerprint density at radius 2 is 1.71 bits per heavy atom. The van der Waals surface area contributed by atoms with E-state index in [1.807, 2.05) is 54.6 Å². The van der Waals surface area contributed by atoms with Crippen molar-refractivity contribution in [1.82, 2.24) is 0 Å². The highest BCUT2D eigenvalue weighted by atomic mass is 16.8. The quantitative estimate of drug-likeness (QED) is 0.807. The minimum atomic E-state index is -1.22. The van der Waals surface area contributed by atoms with Gasteiger partial charge in [-0.25, -0.2) is 0 Å². The first-order valence-electron chi connectivity index (χ1n) is 9.24. The lowest BCUT2D eigenvalue weighted by Crippen LogP contribution is -2.62. The molecule has 150 valence electrons. The molecule has 4 rings (SSSR count). The van der Waals surface area contributed by atoms with Gasteiger partial charge in [0.15, 0.2) is 12.6 Å². The molecule has 2 fully saturated rings. The van der Waals surface area contributed by atoms with Crippen molar-refractivity contribution < 1.29 is 33.9 Å². The number of aliphatic hydroxyl groups excluding tert-OH is 2. The molecule has 7 heteroatoms. The first-order chi connectivity index (χ1) is 13.7. The molecular weight excluding hydrogens is 364 g/mol. The Hall–Kier alpha value is -2.00. The Morgan fingerprint density at radius 1 is 0.964 bits per heavy atom. The summed E-state index contributed by atoms with van der Waals surface area (Å²) in [4.78, 5) is 0. The summed E-state index contributed by atoms with van der Waals surface area (Å²) in [6.45, 7) is 0.485. The fourth-order valence-electron chi connectivity index (χ4n) is 3.40. The number of hydrogen-bond acceptors (Lipinski definition) is 7. The maximum atomic E-state index is 10.6. The lowest BCUT2D eigenvalue weighted by atomic mass is 9.98. The smallest absolute Gasteiger partial charge is 0.187 e. The fourth-order valence-corrected chi connectivity index (χ4v) is 3.40. The lowest BCUT2D eigenvalue weighted by Gasteiger charge is -2.46. The van der Waals surface area contributed by atoms with Crippen molar-refractivity contribution >= 4 is 0 Å². The topological polar surface area (TPSA) is 86.6 Å². The van der Waals surface area contributed by atoms with Crippen LogP contribution in [-0.4, -0.2) is 54.6 Å². The van der Waals surface area contributed by atoms with E-state index in [4.69, 9.17) is 23.7 Å². The van der Waals surface area contributed by atoms with E-state index in [1.54, 1.807) is 7.11 Å². The van der Waals surface area contributed by atoms with Crippen molar-refractivity contribution in [3.8, 4) is 5.75 Å². The zero-order valence-electron chi connectivity index (χ0n) is 15.5. The largest absolute Gasteiger partial charge is 0.497 e. The molecule has 2 N–H and O–H groups in total. The van der Waals surface area contributed by atoms with Crippen LogP contribution in [0.15, 0.2) is 54.6 Å². The van der Waals surface area contributed by atoms with Gasteiger partial charge in [0.1, 0.15) is 30.2 Å². The zero-order chi connectivity index (χ0) is 19.5. The first kappa shape index (κ1) is 19.3. The minimum Gasteiger partial charge on any atom is -0.497 e. The Morgan fingerprint density at radius 3 is 2.43 bits per heavy atom. The molecule has 2 aromatic carbocycles. The molecule has 0 bridgehead atoms. The molecule has 0 aliphatic carbocycles. The van der Waals surface area contributed by atoms with Crippen LogP contribution in [0, 0.1) is 0 Å². The van der Waals surface area contributed by atoms with Crippen LogP contribution in [0.3, 0.4) is 0 Å². The van der Waals surface area contributed by atoms with E-state index in [2.05, 4.69) is 0 Å². The van der Waals surface area contributed by atoms with E-state index in [1.165, 1.54) is 0 Å². The number of fused-ring (bicyclic) bond motifs is 1. The second-order valence-electron chi connectivity index (χ2n) is 6.86. The molecule has 0 spiro atoms. The Labute approximate surface area is 163 Å². The van der Waals surface area contributed by atoms with Crippen LogP contribution >= 0.6 is 0 Å². The first-order valence-corrected chi connectivity index (χ1v) is 9.24. The molecule has 28 heavy (non-hydrogen) atoms. The summed E-state index contributed by atoms with van der Waals surface area (Å²) in [6, 6.07) is 16.9. The van der Waals surface area contributed by atoms with Crippen molar-refractivity contribution in [2.45, 2.75) is 43.6 Å². The summed E-state index contributed by atoms with van der Waals surface area (Å²) in [5.74, 6) is 0.729. The van der Waals surface area contributed by atoms with Gasteiger partial charge in [-0.15, -0.1) is 0 Å². The number of hydrogen-bond donors (Lipinski definition) is 2. The van der Waals surface area contributed by atoms with E-state index >= 15 is 0 Å². The van der Waals surface area contributed by atoms with E-state index in [0.717, 1.165) is 16.9 Å². The molecule has 2 aromatic rings. The van der Waals surface area contributed by atoms with Crippen molar-refractivity contribution in [2.75, 3.05) is 13.7 Å². The monoisotopic (exact) mass is 388 g/mol. The third kappa shape index (κ3) is 4.05. The maximum Gasteiger partial charge on any atom is 0.187 e. The SMILES string of the molecule is COc1ccc(C2OC[C@H]3O[C@@H](OCc4ccccc4)[C@H](O)[C@@H](O)[C@@H]3O2)cc1. The Kier molecular flexibility index (Phi) is 5.91. The molecule has 2 aliphatic heterocycles. The molecule has 0 amide bonds. The normalized spacial score (nSPS) is 32.5. The summed E-state index contributed by atoms with van der Waals surface area (Å²) >= 11 is 0. The van der Waals surface area contributed by atoms with E-state index in [0.29, 0.717) is 0 Å². The van der Waals surface area contributed by atoms with E-state index in [9.17, 15) is 10.2 Å². The third-order valence-corrected chi connectivity index (χ3v) is 4.98. The predicted molar refractivity (Wildman–Crippen MR) is 98.5 cm³/mol. The highest BCUT2D eigenvalue weighted by molar-refractivity contribution is 5.28. The lowest BCUT2D eigenvalue weighted by molar-refractivity contribution is -0.362. The highest BCUT2D eigenvalue weighted by Crippen LogP contribution is 2.35. The number of aliphatic hydroxyl groups is 2. The van der Waals surface area contributed by atoms with Crippen molar-refractivity contribution in [3.05, 3.63) is 65.7 Å².